The molecule has 0 spiro atoms. The summed E-state index contributed by atoms with van der Waals surface area (Å²) in [6.07, 6.45) is -8.63. The standard InChI is InChI=1S/2C11H21F3N2.Co/c2*1-7(2)15-9(5)6-10(11(12,13)14)16-8(3)4;/h2*7-10H,6H2,1-5H3;/q2*-2;. The Morgan fingerprint density at radius 2 is 0.667 bits per heavy atom. The maximum absolute atomic E-state index is 12.6. The van der Waals surface area contributed by atoms with Crippen molar-refractivity contribution in [3.8, 4) is 0 Å². The van der Waals surface area contributed by atoms with E-state index in [1.807, 2.05) is 27.7 Å². The fourth-order valence-electron chi connectivity index (χ4n) is 3.06. The van der Waals surface area contributed by atoms with Crippen molar-refractivity contribution in [2.75, 3.05) is 0 Å². The van der Waals surface area contributed by atoms with Gasteiger partial charge in [0.1, 0.15) is 0 Å². The van der Waals surface area contributed by atoms with Gasteiger partial charge in [-0.2, -0.15) is 26.3 Å². The van der Waals surface area contributed by atoms with Crippen LogP contribution in [0.3, 0.4) is 0 Å². The quantitative estimate of drug-likeness (QED) is 0.225. The zero-order valence-corrected chi connectivity index (χ0v) is 22.5. The summed E-state index contributed by atoms with van der Waals surface area (Å²) in [6.45, 7) is 17.5. The zero-order chi connectivity index (χ0) is 25.9. The molecule has 0 fully saturated rings. The molecule has 205 valence electrons. The first-order chi connectivity index (χ1) is 14.2. The van der Waals surface area contributed by atoms with Crippen molar-refractivity contribution in [2.45, 2.75) is 143 Å². The van der Waals surface area contributed by atoms with E-state index in [2.05, 4.69) is 21.3 Å². The molecule has 0 saturated carbocycles. The molecule has 0 amide bonds. The molecule has 0 aliphatic carbocycles. The fraction of sp³-hybridized carbons (Fsp3) is 1.00. The van der Waals surface area contributed by atoms with Crippen LogP contribution in [0.2, 0.25) is 0 Å². The van der Waals surface area contributed by atoms with E-state index in [1.165, 1.54) is 0 Å². The van der Waals surface area contributed by atoms with Gasteiger partial charge in [0.15, 0.2) is 0 Å². The molecule has 0 aliphatic heterocycles. The normalized spacial score (nSPS) is 16.4. The summed E-state index contributed by atoms with van der Waals surface area (Å²) in [7, 11) is 0. The topological polar surface area (TPSA) is 56.4 Å². The number of hydrogen-bond donors (Lipinski definition) is 0. The summed E-state index contributed by atoms with van der Waals surface area (Å²) < 4.78 is 75.9. The van der Waals surface area contributed by atoms with Crippen LogP contribution in [-0.4, -0.2) is 60.7 Å². The molecule has 0 bridgehead atoms. The maximum atomic E-state index is 12.6. The van der Waals surface area contributed by atoms with Crippen LogP contribution >= 0.6 is 0 Å². The molecule has 11 heteroatoms. The molecule has 0 rings (SSSR count). The molecule has 4 unspecified atom stereocenters. The van der Waals surface area contributed by atoms with Crippen LogP contribution in [0.5, 0.6) is 0 Å². The number of hydrogen-bond acceptors (Lipinski definition) is 0. The molecule has 0 aliphatic rings. The van der Waals surface area contributed by atoms with Gasteiger partial charge in [-0.3, -0.25) is 0 Å². The molecule has 0 aromatic rings. The number of halogens is 6. The van der Waals surface area contributed by atoms with Gasteiger partial charge < -0.3 is 21.3 Å². The van der Waals surface area contributed by atoms with Gasteiger partial charge in [-0.05, 0) is 12.1 Å². The summed E-state index contributed by atoms with van der Waals surface area (Å²) >= 11 is 0. The van der Waals surface area contributed by atoms with E-state index in [4.69, 9.17) is 0 Å². The molecule has 0 N–H and O–H groups in total. The van der Waals surface area contributed by atoms with E-state index < -0.39 is 24.4 Å². The van der Waals surface area contributed by atoms with Crippen molar-refractivity contribution in [3.63, 3.8) is 0 Å². The van der Waals surface area contributed by atoms with E-state index in [9.17, 15) is 26.3 Å². The smallest absolute Gasteiger partial charge is 0.373 e. The average molecular weight is 536 g/mol. The minimum absolute atomic E-state index is 0. The minimum atomic E-state index is -4.26. The second kappa shape index (κ2) is 17.4. The van der Waals surface area contributed by atoms with Crippen LogP contribution in [0.4, 0.5) is 26.3 Å². The minimum Gasteiger partial charge on any atom is -0.657 e. The Kier molecular flexibility index (Phi) is 19.7. The van der Waals surface area contributed by atoms with Crippen LogP contribution in [0, 0.1) is 0 Å². The first kappa shape index (κ1) is 37.5. The average Bonchev–Trinajstić information content (AvgIpc) is 2.50. The zero-order valence-electron chi connectivity index (χ0n) is 21.4. The summed E-state index contributed by atoms with van der Waals surface area (Å²) in [5.74, 6) is 0. The van der Waals surface area contributed by atoms with Crippen LogP contribution < -0.4 is 0 Å². The Balaban J connectivity index is -0.000000529. The van der Waals surface area contributed by atoms with Gasteiger partial charge in [-0.15, -0.1) is 36.3 Å². The molecule has 0 aromatic carbocycles. The molecular formula is C22H42CoF6N4-4. The molecule has 0 heterocycles. The van der Waals surface area contributed by atoms with Crippen LogP contribution in [0.1, 0.15) is 82.1 Å². The van der Waals surface area contributed by atoms with E-state index in [-0.39, 0.29) is 65.9 Å². The summed E-state index contributed by atoms with van der Waals surface area (Å²) in [6, 6.07) is -4.31. The molecular weight excluding hydrogens is 493 g/mol. The van der Waals surface area contributed by atoms with Crippen molar-refractivity contribution in [1.29, 1.82) is 0 Å². The van der Waals surface area contributed by atoms with Gasteiger partial charge in [0.25, 0.3) is 0 Å². The van der Waals surface area contributed by atoms with Crippen molar-refractivity contribution in [3.05, 3.63) is 21.3 Å². The number of nitrogens with zero attached hydrogens (tertiary/aromatic N) is 4. The van der Waals surface area contributed by atoms with E-state index in [0.717, 1.165) is 0 Å². The maximum Gasteiger partial charge on any atom is 0.373 e. The third kappa shape index (κ3) is 22.2. The predicted molar refractivity (Wildman–Crippen MR) is 122 cm³/mol. The number of rotatable bonds is 12. The van der Waals surface area contributed by atoms with Crippen molar-refractivity contribution in [2.24, 2.45) is 0 Å². The monoisotopic (exact) mass is 535 g/mol. The van der Waals surface area contributed by atoms with Gasteiger partial charge in [-0.25, -0.2) is 0 Å². The van der Waals surface area contributed by atoms with Crippen LogP contribution in [-0.2, 0) is 16.8 Å². The Hall–Kier alpha value is -0.0735. The Morgan fingerprint density at radius 3 is 0.818 bits per heavy atom. The van der Waals surface area contributed by atoms with Gasteiger partial charge in [0.05, 0.1) is 0 Å². The van der Waals surface area contributed by atoms with E-state index >= 15 is 0 Å². The van der Waals surface area contributed by atoms with Gasteiger partial charge in [-0.1, -0.05) is 82.1 Å². The van der Waals surface area contributed by atoms with Crippen molar-refractivity contribution in [1.82, 2.24) is 0 Å². The van der Waals surface area contributed by atoms with Gasteiger partial charge in [0, 0.05) is 16.8 Å². The van der Waals surface area contributed by atoms with Crippen LogP contribution in [0.15, 0.2) is 0 Å². The van der Waals surface area contributed by atoms with Crippen molar-refractivity contribution < 1.29 is 43.1 Å². The first-order valence-corrected chi connectivity index (χ1v) is 11.2. The third-order valence-corrected chi connectivity index (χ3v) is 3.95. The molecule has 4 nitrogen and oxygen atoms in total. The van der Waals surface area contributed by atoms with E-state index in [0.29, 0.717) is 0 Å². The SMILES string of the molecule is CC(C)[N-]C(C)CC([N-]C(C)C)C(F)(F)F.CC(C)[N-]C(C)CC([N-]C(C)C)C(F)(F)F.[Co]. The predicted octanol–water partition coefficient (Wildman–Crippen LogP) is 8.52. The summed E-state index contributed by atoms with van der Waals surface area (Å²) in [5.41, 5.74) is 0. The Morgan fingerprint density at radius 1 is 0.455 bits per heavy atom. The first-order valence-electron chi connectivity index (χ1n) is 11.2. The van der Waals surface area contributed by atoms with Gasteiger partial charge in [0.2, 0.25) is 0 Å². The van der Waals surface area contributed by atoms with E-state index in [1.54, 1.807) is 41.5 Å². The largest absolute Gasteiger partial charge is 0.657 e. The molecule has 1 radical (unpaired) electrons. The van der Waals surface area contributed by atoms with Crippen LogP contribution in [0.25, 0.3) is 21.3 Å². The van der Waals surface area contributed by atoms with Gasteiger partial charge >= 0.3 is 12.4 Å². The summed E-state index contributed by atoms with van der Waals surface area (Å²) in [4.78, 5) is 0. The molecule has 4 atom stereocenters. The Labute approximate surface area is 207 Å². The Bertz CT molecular complexity index is 429. The second-order valence-corrected chi connectivity index (χ2v) is 9.26. The third-order valence-electron chi connectivity index (χ3n) is 3.95. The van der Waals surface area contributed by atoms with Crippen molar-refractivity contribution >= 4 is 0 Å². The molecule has 0 saturated heterocycles. The molecule has 33 heavy (non-hydrogen) atoms. The second-order valence-electron chi connectivity index (χ2n) is 9.26. The summed E-state index contributed by atoms with van der Waals surface area (Å²) in [5, 5.41) is 15.8. The molecule has 0 aromatic heterocycles. The number of alkyl halides is 6. The fourth-order valence-corrected chi connectivity index (χ4v) is 3.06.